The second kappa shape index (κ2) is 8.83. The third-order valence-corrected chi connectivity index (χ3v) is 6.18. The highest BCUT2D eigenvalue weighted by molar-refractivity contribution is 7.92. The molecule has 9 heteroatoms. The lowest BCUT2D eigenvalue weighted by Crippen LogP contribution is -2.53. The Bertz CT molecular complexity index is 1050. The Labute approximate surface area is 175 Å². The predicted octanol–water partition coefficient (Wildman–Crippen LogP) is 1.88. The van der Waals surface area contributed by atoms with Gasteiger partial charge < -0.3 is 9.80 Å². The van der Waals surface area contributed by atoms with Gasteiger partial charge in [-0.1, -0.05) is 24.3 Å². The van der Waals surface area contributed by atoms with E-state index in [0.717, 1.165) is 16.1 Å². The molecule has 30 heavy (non-hydrogen) atoms. The molecule has 2 aromatic carbocycles. The summed E-state index contributed by atoms with van der Waals surface area (Å²) in [5.41, 5.74) is 1.48. The van der Waals surface area contributed by atoms with Crippen molar-refractivity contribution < 1.29 is 22.4 Å². The fourth-order valence-electron chi connectivity index (χ4n) is 3.41. The van der Waals surface area contributed by atoms with Gasteiger partial charge in [-0.3, -0.25) is 13.9 Å². The van der Waals surface area contributed by atoms with Crippen LogP contribution in [0.1, 0.15) is 15.9 Å². The number of rotatable bonds is 5. The fraction of sp³-hybridized carbons (Fsp3) is 0.333. The summed E-state index contributed by atoms with van der Waals surface area (Å²) in [5.74, 6) is -1.10. The van der Waals surface area contributed by atoms with Gasteiger partial charge in [0.25, 0.3) is 5.91 Å². The number of nitrogens with zero attached hydrogens (tertiary/aromatic N) is 3. The minimum atomic E-state index is -3.65. The van der Waals surface area contributed by atoms with Crippen LogP contribution in [-0.4, -0.2) is 69.0 Å². The lowest BCUT2D eigenvalue weighted by atomic mass is 10.1. The average Bonchev–Trinajstić information content (AvgIpc) is 2.71. The van der Waals surface area contributed by atoms with Gasteiger partial charge in [0, 0.05) is 31.7 Å². The Balaban J connectivity index is 1.66. The zero-order chi connectivity index (χ0) is 21.9. The minimum Gasteiger partial charge on any atom is -0.338 e. The number of carbonyl (C=O) groups is 2. The summed E-state index contributed by atoms with van der Waals surface area (Å²) in [4.78, 5) is 28.4. The van der Waals surface area contributed by atoms with Gasteiger partial charge in [-0.2, -0.15) is 0 Å². The van der Waals surface area contributed by atoms with Crippen LogP contribution < -0.4 is 4.31 Å². The molecule has 160 valence electrons. The van der Waals surface area contributed by atoms with Gasteiger partial charge in [0.1, 0.15) is 12.4 Å². The van der Waals surface area contributed by atoms with Gasteiger partial charge in [0.05, 0.1) is 11.9 Å². The number of anilines is 1. The van der Waals surface area contributed by atoms with E-state index in [9.17, 15) is 22.4 Å². The molecular weight excluding hydrogens is 409 g/mol. The summed E-state index contributed by atoms with van der Waals surface area (Å²) in [6.45, 7) is 2.64. The van der Waals surface area contributed by atoms with Gasteiger partial charge in [-0.15, -0.1) is 0 Å². The fourth-order valence-corrected chi connectivity index (χ4v) is 4.32. The number of carbonyl (C=O) groups excluding carboxylic acids is 2. The third-order valence-electron chi connectivity index (χ3n) is 5.05. The van der Waals surface area contributed by atoms with Crippen molar-refractivity contribution >= 4 is 27.5 Å². The second-order valence-corrected chi connectivity index (χ2v) is 9.15. The molecule has 0 atom stereocenters. The number of amides is 2. The van der Waals surface area contributed by atoms with Crippen LogP contribution in [0.25, 0.3) is 0 Å². The highest BCUT2D eigenvalue weighted by atomic mass is 32.2. The molecule has 0 N–H and O–H groups in total. The molecule has 0 spiro atoms. The number of hydrogen-bond acceptors (Lipinski definition) is 4. The highest BCUT2D eigenvalue weighted by Gasteiger charge is 2.28. The third kappa shape index (κ3) is 4.96. The summed E-state index contributed by atoms with van der Waals surface area (Å²) >= 11 is 0. The standard InChI is InChI=1S/C21H24FN3O4S/c1-16-6-3-4-9-19(16)25(30(2,28)29)15-20(26)23-10-12-24(13-11-23)21(27)17-7-5-8-18(22)14-17/h3-9,14H,10-13,15H2,1-2H3. The molecule has 7 nitrogen and oxygen atoms in total. The number of sulfonamides is 1. The van der Waals surface area contributed by atoms with Crippen molar-refractivity contribution in [2.45, 2.75) is 6.92 Å². The lowest BCUT2D eigenvalue weighted by molar-refractivity contribution is -0.131. The van der Waals surface area contributed by atoms with E-state index >= 15 is 0 Å². The van der Waals surface area contributed by atoms with E-state index < -0.39 is 15.8 Å². The highest BCUT2D eigenvalue weighted by Crippen LogP contribution is 2.22. The van der Waals surface area contributed by atoms with Crippen LogP contribution in [0.15, 0.2) is 48.5 Å². The van der Waals surface area contributed by atoms with Crippen molar-refractivity contribution in [2.75, 3.05) is 43.3 Å². The number of aryl methyl sites for hydroxylation is 1. The smallest absolute Gasteiger partial charge is 0.254 e. The van der Waals surface area contributed by atoms with Crippen LogP contribution in [0.5, 0.6) is 0 Å². The summed E-state index contributed by atoms with van der Waals surface area (Å²) in [5, 5.41) is 0. The zero-order valence-electron chi connectivity index (χ0n) is 16.9. The predicted molar refractivity (Wildman–Crippen MR) is 112 cm³/mol. The zero-order valence-corrected chi connectivity index (χ0v) is 17.7. The van der Waals surface area contributed by atoms with Gasteiger partial charge in [0.2, 0.25) is 15.9 Å². The summed E-state index contributed by atoms with van der Waals surface area (Å²) in [7, 11) is -3.65. The molecule has 2 amide bonds. The summed E-state index contributed by atoms with van der Waals surface area (Å²) in [6, 6.07) is 12.5. The minimum absolute atomic E-state index is 0.262. The Morgan fingerprint density at radius 2 is 1.63 bits per heavy atom. The first kappa shape index (κ1) is 21.8. The van der Waals surface area contributed by atoms with Crippen molar-refractivity contribution in [3.05, 3.63) is 65.5 Å². The number of hydrogen-bond donors (Lipinski definition) is 0. The van der Waals surface area contributed by atoms with E-state index in [0.29, 0.717) is 18.8 Å². The van der Waals surface area contributed by atoms with E-state index in [1.54, 1.807) is 47.1 Å². The maximum atomic E-state index is 13.4. The van der Waals surface area contributed by atoms with Gasteiger partial charge >= 0.3 is 0 Å². The van der Waals surface area contributed by atoms with E-state index in [2.05, 4.69) is 0 Å². The number of halogens is 1. The molecule has 3 rings (SSSR count). The summed E-state index contributed by atoms with van der Waals surface area (Å²) in [6.07, 6.45) is 1.07. The van der Waals surface area contributed by atoms with Crippen LogP contribution in [0.3, 0.4) is 0 Å². The molecule has 1 heterocycles. The second-order valence-electron chi connectivity index (χ2n) is 7.24. The van der Waals surface area contributed by atoms with Crippen LogP contribution in [0.2, 0.25) is 0 Å². The molecule has 1 fully saturated rings. The van der Waals surface area contributed by atoms with Crippen LogP contribution in [0, 0.1) is 12.7 Å². The van der Waals surface area contributed by atoms with E-state index in [-0.39, 0.29) is 37.0 Å². The molecule has 0 aliphatic carbocycles. The number of para-hydroxylation sites is 1. The normalized spacial score (nSPS) is 14.5. The van der Waals surface area contributed by atoms with E-state index in [1.165, 1.54) is 18.2 Å². The molecule has 0 bridgehead atoms. The van der Waals surface area contributed by atoms with Crippen molar-refractivity contribution in [1.29, 1.82) is 0 Å². The molecule has 0 aromatic heterocycles. The maximum Gasteiger partial charge on any atom is 0.254 e. The monoisotopic (exact) mass is 433 g/mol. The quantitative estimate of drug-likeness (QED) is 0.722. The van der Waals surface area contributed by atoms with Crippen LogP contribution in [0.4, 0.5) is 10.1 Å². The van der Waals surface area contributed by atoms with Crippen LogP contribution in [-0.2, 0) is 14.8 Å². The molecule has 1 aliphatic rings. The first-order valence-corrected chi connectivity index (χ1v) is 11.4. The van der Waals surface area contributed by atoms with E-state index in [1.807, 2.05) is 0 Å². The SMILES string of the molecule is Cc1ccccc1N(CC(=O)N1CCN(C(=O)c2cccc(F)c2)CC1)S(C)(=O)=O. The Hall–Kier alpha value is -2.94. The van der Waals surface area contributed by atoms with Gasteiger partial charge in [-0.05, 0) is 36.8 Å². The molecule has 0 saturated carbocycles. The Morgan fingerprint density at radius 1 is 1.00 bits per heavy atom. The molecule has 1 aliphatic heterocycles. The largest absolute Gasteiger partial charge is 0.338 e. The Kier molecular flexibility index (Phi) is 6.40. The van der Waals surface area contributed by atoms with Gasteiger partial charge in [-0.25, -0.2) is 12.8 Å². The molecular formula is C21H24FN3O4S. The van der Waals surface area contributed by atoms with Crippen molar-refractivity contribution in [2.24, 2.45) is 0 Å². The van der Waals surface area contributed by atoms with Crippen molar-refractivity contribution in [1.82, 2.24) is 9.80 Å². The average molecular weight is 434 g/mol. The van der Waals surface area contributed by atoms with Gasteiger partial charge in [0.15, 0.2) is 0 Å². The number of piperazine rings is 1. The maximum absolute atomic E-state index is 13.4. The topological polar surface area (TPSA) is 78.0 Å². The van der Waals surface area contributed by atoms with Crippen molar-refractivity contribution in [3.8, 4) is 0 Å². The van der Waals surface area contributed by atoms with E-state index in [4.69, 9.17) is 0 Å². The first-order valence-electron chi connectivity index (χ1n) is 9.53. The first-order chi connectivity index (χ1) is 14.2. The lowest BCUT2D eigenvalue weighted by Gasteiger charge is -2.36. The molecule has 0 unspecified atom stereocenters. The number of benzene rings is 2. The Morgan fingerprint density at radius 3 is 2.23 bits per heavy atom. The van der Waals surface area contributed by atoms with Crippen LogP contribution >= 0.6 is 0 Å². The molecule has 2 aromatic rings. The molecule has 0 radical (unpaired) electrons. The molecule has 1 saturated heterocycles. The summed E-state index contributed by atoms with van der Waals surface area (Å²) < 4.78 is 39.1. The van der Waals surface area contributed by atoms with Crippen molar-refractivity contribution in [3.63, 3.8) is 0 Å².